The summed E-state index contributed by atoms with van der Waals surface area (Å²) in [5.41, 5.74) is 2.36. The molecule has 5 rings (SSSR count). The highest BCUT2D eigenvalue weighted by Gasteiger charge is 2.16. The number of hydrogen-bond donors (Lipinski definition) is 1. The van der Waals surface area contributed by atoms with Crippen molar-refractivity contribution >= 4 is 45.0 Å². The molecule has 1 fully saturated rings. The second-order valence-corrected chi connectivity index (χ2v) is 9.55. The molecular formula is C24H22FN5O2S2. The predicted molar refractivity (Wildman–Crippen MR) is 132 cm³/mol. The lowest BCUT2D eigenvalue weighted by molar-refractivity contribution is -0.113. The van der Waals surface area contributed by atoms with Crippen molar-refractivity contribution in [3.8, 4) is 11.3 Å². The van der Waals surface area contributed by atoms with Crippen LogP contribution >= 0.6 is 23.1 Å². The average Bonchev–Trinajstić information content (AvgIpc) is 3.32. The van der Waals surface area contributed by atoms with Crippen LogP contribution in [0.4, 0.5) is 9.52 Å². The predicted octanol–water partition coefficient (Wildman–Crippen LogP) is 4.46. The number of carbonyl (C=O) groups excluding carboxylic acids is 1. The van der Waals surface area contributed by atoms with Gasteiger partial charge in [0, 0.05) is 29.4 Å². The van der Waals surface area contributed by atoms with Gasteiger partial charge >= 0.3 is 0 Å². The molecule has 0 aliphatic carbocycles. The molecule has 10 heteroatoms. The highest BCUT2D eigenvalue weighted by molar-refractivity contribution is 8.00. The number of thiazole rings is 1. The number of amides is 1. The van der Waals surface area contributed by atoms with Gasteiger partial charge in [0.05, 0.1) is 36.7 Å². The zero-order valence-electron chi connectivity index (χ0n) is 18.2. The quantitative estimate of drug-likeness (QED) is 0.300. The van der Waals surface area contributed by atoms with Gasteiger partial charge in [-0.05, 0) is 30.3 Å². The number of thioether (sulfide) groups is 1. The van der Waals surface area contributed by atoms with E-state index in [0.29, 0.717) is 17.4 Å². The van der Waals surface area contributed by atoms with E-state index in [9.17, 15) is 9.18 Å². The van der Waals surface area contributed by atoms with Gasteiger partial charge in [0.25, 0.3) is 0 Å². The summed E-state index contributed by atoms with van der Waals surface area (Å²) in [6.07, 6.45) is 0. The summed E-state index contributed by atoms with van der Waals surface area (Å²) in [7, 11) is 0. The van der Waals surface area contributed by atoms with E-state index in [1.807, 2.05) is 29.6 Å². The van der Waals surface area contributed by atoms with Gasteiger partial charge in [0.15, 0.2) is 5.13 Å². The maximum absolute atomic E-state index is 13.2. The average molecular weight is 496 g/mol. The molecular weight excluding hydrogens is 473 g/mol. The Bertz CT molecular complexity index is 1290. The van der Waals surface area contributed by atoms with Crippen molar-refractivity contribution < 1.29 is 13.9 Å². The monoisotopic (exact) mass is 495 g/mol. The van der Waals surface area contributed by atoms with E-state index in [2.05, 4.69) is 15.2 Å². The Hall–Kier alpha value is -2.92. The molecule has 0 bridgehead atoms. The fraction of sp³-hybridized carbons (Fsp3) is 0.250. The van der Waals surface area contributed by atoms with E-state index in [1.165, 1.54) is 35.2 Å². The minimum absolute atomic E-state index is 0.164. The summed E-state index contributed by atoms with van der Waals surface area (Å²) in [6.45, 7) is 3.80. The first-order chi connectivity index (χ1) is 16.6. The summed E-state index contributed by atoms with van der Waals surface area (Å²) in [6, 6.07) is 14.0. The topological polar surface area (TPSA) is 80.2 Å². The number of nitrogens with one attached hydrogen (secondary N) is 1. The number of hydrogen-bond acceptors (Lipinski definition) is 8. The van der Waals surface area contributed by atoms with E-state index < -0.39 is 0 Å². The van der Waals surface area contributed by atoms with Crippen LogP contribution < -0.4 is 5.32 Å². The van der Waals surface area contributed by atoms with Crippen LogP contribution in [0.3, 0.4) is 0 Å². The summed E-state index contributed by atoms with van der Waals surface area (Å²) in [5, 5.41) is 6.91. The Kier molecular flexibility index (Phi) is 7.10. The van der Waals surface area contributed by atoms with Gasteiger partial charge in [-0.3, -0.25) is 9.69 Å². The van der Waals surface area contributed by atoms with E-state index in [1.54, 1.807) is 12.1 Å². The lowest BCUT2D eigenvalue weighted by Gasteiger charge is -2.25. The molecule has 34 heavy (non-hydrogen) atoms. The van der Waals surface area contributed by atoms with Gasteiger partial charge < -0.3 is 10.1 Å². The molecule has 1 amide bonds. The fourth-order valence-electron chi connectivity index (χ4n) is 3.61. The Morgan fingerprint density at radius 2 is 1.88 bits per heavy atom. The van der Waals surface area contributed by atoms with Crippen molar-refractivity contribution in [2.45, 2.75) is 11.6 Å². The molecule has 3 heterocycles. The first kappa shape index (κ1) is 22.9. The van der Waals surface area contributed by atoms with Crippen molar-refractivity contribution in [3.05, 3.63) is 65.6 Å². The summed E-state index contributed by atoms with van der Waals surface area (Å²) in [4.78, 5) is 28.8. The minimum atomic E-state index is -0.296. The zero-order chi connectivity index (χ0) is 23.3. The van der Waals surface area contributed by atoms with Crippen LogP contribution in [0, 0.1) is 5.82 Å². The number of morpholine rings is 1. The van der Waals surface area contributed by atoms with Crippen molar-refractivity contribution in [2.75, 3.05) is 37.4 Å². The lowest BCUT2D eigenvalue weighted by Crippen LogP contribution is -2.36. The number of benzene rings is 2. The van der Waals surface area contributed by atoms with Gasteiger partial charge in [-0.1, -0.05) is 30.0 Å². The number of aromatic nitrogens is 3. The summed E-state index contributed by atoms with van der Waals surface area (Å²) >= 11 is 2.72. The third-order valence-corrected chi connectivity index (χ3v) is 7.06. The van der Waals surface area contributed by atoms with Crippen molar-refractivity contribution in [2.24, 2.45) is 0 Å². The molecule has 0 atom stereocenters. The summed E-state index contributed by atoms with van der Waals surface area (Å²) in [5.74, 6) is 0.480. The molecule has 0 spiro atoms. The number of fused-ring (bicyclic) bond motifs is 1. The van der Waals surface area contributed by atoms with E-state index in [4.69, 9.17) is 14.7 Å². The van der Waals surface area contributed by atoms with Crippen LogP contribution in [0.2, 0.25) is 0 Å². The molecule has 0 saturated carbocycles. The molecule has 174 valence electrons. The molecule has 4 aromatic rings. The van der Waals surface area contributed by atoms with Crippen molar-refractivity contribution in [3.63, 3.8) is 0 Å². The number of para-hydroxylation sites is 1. The normalized spacial score (nSPS) is 14.4. The second-order valence-electron chi connectivity index (χ2n) is 7.73. The van der Waals surface area contributed by atoms with Crippen LogP contribution in [0.25, 0.3) is 22.2 Å². The minimum Gasteiger partial charge on any atom is -0.379 e. The summed E-state index contributed by atoms with van der Waals surface area (Å²) < 4.78 is 18.6. The van der Waals surface area contributed by atoms with Gasteiger partial charge in [0.2, 0.25) is 5.91 Å². The Balaban J connectivity index is 1.26. The molecule has 2 aromatic heterocycles. The highest BCUT2D eigenvalue weighted by Crippen LogP contribution is 2.28. The third kappa shape index (κ3) is 5.58. The van der Waals surface area contributed by atoms with Gasteiger partial charge in [-0.2, -0.15) is 0 Å². The molecule has 2 aromatic carbocycles. The Labute approximate surface area is 204 Å². The van der Waals surface area contributed by atoms with Crippen molar-refractivity contribution in [1.29, 1.82) is 0 Å². The molecule has 1 saturated heterocycles. The second kappa shape index (κ2) is 10.6. The molecule has 1 aliphatic rings. The largest absolute Gasteiger partial charge is 0.379 e. The number of nitrogens with zero attached hydrogens (tertiary/aromatic N) is 4. The third-order valence-electron chi connectivity index (χ3n) is 5.31. The van der Waals surface area contributed by atoms with E-state index in [-0.39, 0.29) is 17.5 Å². The van der Waals surface area contributed by atoms with Crippen LogP contribution in [-0.2, 0) is 16.1 Å². The maximum Gasteiger partial charge on any atom is 0.236 e. The molecule has 1 N–H and O–H groups in total. The van der Waals surface area contributed by atoms with Crippen molar-refractivity contribution in [1.82, 2.24) is 19.9 Å². The standard InChI is InChI=1S/C24H22FN5O2S2/c25-17-7-5-16(6-8-17)20-14-34-24(27-20)29-22(31)15-33-23-18-3-1-2-4-19(18)26-21(28-23)13-30-9-11-32-12-10-30/h1-8,14H,9-13,15H2,(H,27,29,31). The van der Waals surface area contributed by atoms with Crippen LogP contribution in [0.15, 0.2) is 58.9 Å². The SMILES string of the molecule is O=C(CSc1nc(CN2CCOCC2)nc2ccccc12)Nc1nc(-c2ccc(F)cc2)cs1. The van der Waals surface area contributed by atoms with Gasteiger partial charge in [0.1, 0.15) is 16.7 Å². The lowest BCUT2D eigenvalue weighted by atomic mass is 10.2. The number of anilines is 1. The van der Waals surface area contributed by atoms with Crippen LogP contribution in [0.5, 0.6) is 0 Å². The number of carbonyl (C=O) groups is 1. The van der Waals surface area contributed by atoms with Gasteiger partial charge in [-0.15, -0.1) is 11.3 Å². The van der Waals surface area contributed by atoms with E-state index in [0.717, 1.165) is 53.6 Å². The smallest absolute Gasteiger partial charge is 0.236 e. The first-order valence-corrected chi connectivity index (χ1v) is 12.7. The molecule has 0 unspecified atom stereocenters. The van der Waals surface area contributed by atoms with Crippen LogP contribution in [0.1, 0.15) is 5.82 Å². The fourth-order valence-corrected chi connectivity index (χ4v) is 5.18. The van der Waals surface area contributed by atoms with Gasteiger partial charge in [-0.25, -0.2) is 19.3 Å². The molecule has 1 aliphatic heterocycles. The maximum atomic E-state index is 13.2. The number of ether oxygens (including phenoxy) is 1. The zero-order valence-corrected chi connectivity index (χ0v) is 19.9. The molecule has 0 radical (unpaired) electrons. The number of rotatable bonds is 7. The Morgan fingerprint density at radius 1 is 1.09 bits per heavy atom. The number of halogens is 1. The van der Waals surface area contributed by atoms with E-state index >= 15 is 0 Å². The Morgan fingerprint density at radius 3 is 2.71 bits per heavy atom. The first-order valence-electron chi connectivity index (χ1n) is 10.8. The highest BCUT2D eigenvalue weighted by atomic mass is 32.2. The molecule has 7 nitrogen and oxygen atoms in total. The van der Waals surface area contributed by atoms with Crippen LogP contribution in [-0.4, -0.2) is 57.8 Å².